The summed E-state index contributed by atoms with van der Waals surface area (Å²) in [6.07, 6.45) is 0. The molecule has 0 aromatic heterocycles. The van der Waals surface area contributed by atoms with Crippen LogP contribution in [0.2, 0.25) is 0 Å². The zero-order chi connectivity index (χ0) is 13.8. The van der Waals surface area contributed by atoms with Crippen molar-refractivity contribution in [1.82, 2.24) is 0 Å². The van der Waals surface area contributed by atoms with Gasteiger partial charge < -0.3 is 9.84 Å². The SMILES string of the molecule is CCS(=O)(=O)CCOc1cccc(C(=O)O)c1C. The Bertz CT molecular complexity index is 533. The summed E-state index contributed by atoms with van der Waals surface area (Å²) >= 11 is 0. The minimum Gasteiger partial charge on any atom is -0.492 e. The van der Waals surface area contributed by atoms with E-state index in [2.05, 4.69) is 0 Å². The monoisotopic (exact) mass is 272 g/mol. The molecule has 0 aliphatic carbocycles. The van der Waals surface area contributed by atoms with Crippen LogP contribution in [0.3, 0.4) is 0 Å². The van der Waals surface area contributed by atoms with Crippen LogP contribution in [0.4, 0.5) is 0 Å². The second-order valence-corrected chi connectivity index (χ2v) is 6.29. The van der Waals surface area contributed by atoms with Crippen LogP contribution in [0.15, 0.2) is 18.2 Å². The van der Waals surface area contributed by atoms with Crippen LogP contribution in [0.1, 0.15) is 22.8 Å². The quantitative estimate of drug-likeness (QED) is 0.849. The summed E-state index contributed by atoms with van der Waals surface area (Å²) in [7, 11) is -3.07. The van der Waals surface area contributed by atoms with Gasteiger partial charge in [-0.2, -0.15) is 0 Å². The molecule has 0 saturated heterocycles. The summed E-state index contributed by atoms with van der Waals surface area (Å²) in [4.78, 5) is 10.9. The zero-order valence-corrected chi connectivity index (χ0v) is 11.2. The van der Waals surface area contributed by atoms with E-state index in [9.17, 15) is 13.2 Å². The van der Waals surface area contributed by atoms with Crippen molar-refractivity contribution in [2.45, 2.75) is 13.8 Å². The number of rotatable bonds is 6. The average Bonchev–Trinajstić information content (AvgIpc) is 2.31. The largest absolute Gasteiger partial charge is 0.492 e. The van der Waals surface area contributed by atoms with Gasteiger partial charge in [0.2, 0.25) is 0 Å². The van der Waals surface area contributed by atoms with Gasteiger partial charge in [0.05, 0.1) is 11.3 Å². The summed E-state index contributed by atoms with van der Waals surface area (Å²) < 4.78 is 27.9. The maximum Gasteiger partial charge on any atom is 0.336 e. The molecule has 0 radical (unpaired) electrons. The van der Waals surface area contributed by atoms with E-state index in [-0.39, 0.29) is 23.7 Å². The highest BCUT2D eigenvalue weighted by Crippen LogP contribution is 2.21. The van der Waals surface area contributed by atoms with E-state index in [4.69, 9.17) is 9.84 Å². The zero-order valence-electron chi connectivity index (χ0n) is 10.3. The first kappa shape index (κ1) is 14.5. The number of hydrogen-bond donors (Lipinski definition) is 1. The van der Waals surface area contributed by atoms with Crippen molar-refractivity contribution in [2.24, 2.45) is 0 Å². The Morgan fingerprint density at radius 3 is 2.61 bits per heavy atom. The van der Waals surface area contributed by atoms with Gasteiger partial charge in [0.1, 0.15) is 12.4 Å². The molecule has 0 heterocycles. The second-order valence-electron chi connectivity index (χ2n) is 3.82. The molecule has 0 saturated carbocycles. The summed E-state index contributed by atoms with van der Waals surface area (Å²) in [5, 5.41) is 8.93. The number of benzene rings is 1. The van der Waals surface area contributed by atoms with E-state index >= 15 is 0 Å². The molecule has 0 unspecified atom stereocenters. The van der Waals surface area contributed by atoms with Crippen LogP contribution in [0, 0.1) is 6.92 Å². The van der Waals surface area contributed by atoms with Crippen LogP contribution < -0.4 is 4.74 Å². The lowest BCUT2D eigenvalue weighted by atomic mass is 10.1. The van der Waals surface area contributed by atoms with Gasteiger partial charge in [-0.3, -0.25) is 0 Å². The van der Waals surface area contributed by atoms with Gasteiger partial charge in [-0.25, -0.2) is 13.2 Å². The third-order valence-corrected chi connectivity index (χ3v) is 4.27. The van der Waals surface area contributed by atoms with E-state index in [1.165, 1.54) is 6.07 Å². The molecule has 6 heteroatoms. The van der Waals surface area contributed by atoms with Crippen LogP contribution in [-0.4, -0.2) is 37.6 Å². The summed E-state index contributed by atoms with van der Waals surface area (Å²) in [5.74, 6) is -0.620. The Kier molecular flexibility index (Phi) is 4.72. The number of carboxylic acids is 1. The first-order chi connectivity index (χ1) is 8.37. The predicted octanol–water partition coefficient (Wildman–Crippen LogP) is 1.51. The summed E-state index contributed by atoms with van der Waals surface area (Å²) in [6.45, 7) is 3.23. The van der Waals surface area contributed by atoms with Gasteiger partial charge >= 0.3 is 5.97 Å². The minimum atomic E-state index is -3.07. The van der Waals surface area contributed by atoms with Gasteiger partial charge in [-0.15, -0.1) is 0 Å². The molecule has 0 bridgehead atoms. The number of carbonyl (C=O) groups is 1. The molecule has 0 spiro atoms. The Morgan fingerprint density at radius 2 is 2.06 bits per heavy atom. The molecule has 0 fully saturated rings. The van der Waals surface area contributed by atoms with E-state index in [1.54, 1.807) is 26.0 Å². The first-order valence-electron chi connectivity index (χ1n) is 5.53. The highest BCUT2D eigenvalue weighted by atomic mass is 32.2. The molecule has 1 aromatic carbocycles. The molecule has 0 aliphatic rings. The minimum absolute atomic E-state index is 0.0279. The molecule has 1 rings (SSSR count). The van der Waals surface area contributed by atoms with E-state index < -0.39 is 15.8 Å². The molecule has 1 N–H and O–H groups in total. The smallest absolute Gasteiger partial charge is 0.336 e. The fraction of sp³-hybridized carbons (Fsp3) is 0.417. The Morgan fingerprint density at radius 1 is 1.39 bits per heavy atom. The van der Waals surface area contributed by atoms with Crippen molar-refractivity contribution < 1.29 is 23.1 Å². The lowest BCUT2D eigenvalue weighted by Crippen LogP contribution is -2.16. The fourth-order valence-corrected chi connectivity index (χ4v) is 2.05. The Hall–Kier alpha value is -1.56. The Balaban J connectivity index is 2.75. The van der Waals surface area contributed by atoms with Gasteiger partial charge in [0.25, 0.3) is 0 Å². The molecule has 0 amide bonds. The highest BCUT2D eigenvalue weighted by molar-refractivity contribution is 7.91. The molecule has 0 aliphatic heterocycles. The average molecular weight is 272 g/mol. The number of carboxylic acid groups (broad SMARTS) is 1. The van der Waals surface area contributed by atoms with Crippen LogP contribution in [0.25, 0.3) is 0 Å². The fourth-order valence-electron chi connectivity index (χ4n) is 1.43. The van der Waals surface area contributed by atoms with Gasteiger partial charge in [0, 0.05) is 11.3 Å². The number of ether oxygens (including phenoxy) is 1. The van der Waals surface area contributed by atoms with Crippen molar-refractivity contribution in [2.75, 3.05) is 18.1 Å². The number of sulfone groups is 1. The Labute approximate surface area is 106 Å². The molecule has 0 atom stereocenters. The molecular formula is C12H16O5S. The van der Waals surface area contributed by atoms with E-state index in [0.29, 0.717) is 11.3 Å². The standard InChI is InChI=1S/C12H16O5S/c1-3-18(15,16)8-7-17-11-6-4-5-10(9(11)2)12(13)14/h4-6H,3,7-8H2,1-2H3,(H,13,14). The molecule has 100 valence electrons. The number of aromatic carboxylic acids is 1. The second kappa shape index (κ2) is 5.86. The van der Waals surface area contributed by atoms with Crippen molar-refractivity contribution in [3.8, 4) is 5.75 Å². The van der Waals surface area contributed by atoms with Crippen LogP contribution in [0.5, 0.6) is 5.75 Å². The first-order valence-corrected chi connectivity index (χ1v) is 7.35. The summed E-state index contributed by atoms with van der Waals surface area (Å²) in [5.41, 5.74) is 0.657. The normalized spacial score (nSPS) is 11.2. The molecule has 1 aromatic rings. The maximum atomic E-state index is 11.3. The van der Waals surface area contributed by atoms with Crippen molar-refractivity contribution in [1.29, 1.82) is 0 Å². The highest BCUT2D eigenvalue weighted by Gasteiger charge is 2.12. The third kappa shape index (κ3) is 3.73. The summed E-state index contributed by atoms with van der Waals surface area (Å²) in [6, 6.07) is 4.67. The number of hydrogen-bond acceptors (Lipinski definition) is 4. The van der Waals surface area contributed by atoms with E-state index in [1.807, 2.05) is 0 Å². The van der Waals surface area contributed by atoms with Crippen molar-refractivity contribution >= 4 is 15.8 Å². The maximum absolute atomic E-state index is 11.3. The molecular weight excluding hydrogens is 256 g/mol. The lowest BCUT2D eigenvalue weighted by molar-refractivity contribution is 0.0695. The van der Waals surface area contributed by atoms with E-state index in [0.717, 1.165) is 0 Å². The molecule has 5 nitrogen and oxygen atoms in total. The van der Waals surface area contributed by atoms with Crippen molar-refractivity contribution in [3.63, 3.8) is 0 Å². The van der Waals surface area contributed by atoms with Crippen molar-refractivity contribution in [3.05, 3.63) is 29.3 Å². The topological polar surface area (TPSA) is 80.7 Å². The van der Waals surface area contributed by atoms with Gasteiger partial charge in [0.15, 0.2) is 9.84 Å². The van der Waals surface area contributed by atoms with Crippen LogP contribution in [-0.2, 0) is 9.84 Å². The van der Waals surface area contributed by atoms with Crippen LogP contribution >= 0.6 is 0 Å². The molecule has 18 heavy (non-hydrogen) atoms. The third-order valence-electron chi connectivity index (χ3n) is 2.61. The lowest BCUT2D eigenvalue weighted by Gasteiger charge is -2.10. The van der Waals surface area contributed by atoms with Gasteiger partial charge in [-0.05, 0) is 19.1 Å². The predicted molar refractivity (Wildman–Crippen MR) is 68.0 cm³/mol. The van der Waals surface area contributed by atoms with Gasteiger partial charge in [-0.1, -0.05) is 13.0 Å².